The van der Waals surface area contributed by atoms with Crippen molar-refractivity contribution in [2.45, 2.75) is 0 Å². The third kappa shape index (κ3) is 2.81. The number of aromatic nitrogens is 5. The van der Waals surface area contributed by atoms with Crippen LogP contribution in [0.4, 0.5) is 5.95 Å². The molecular formula is C12H9N7O2. The Balaban J connectivity index is 1.87. The fraction of sp³-hybridized carbons (Fsp3) is 0. The van der Waals surface area contributed by atoms with Crippen LogP contribution in [-0.2, 0) is 0 Å². The van der Waals surface area contributed by atoms with Gasteiger partial charge in [0.05, 0.1) is 6.21 Å². The third-order valence-electron chi connectivity index (χ3n) is 2.54. The van der Waals surface area contributed by atoms with Crippen LogP contribution in [-0.4, -0.2) is 31.4 Å². The predicted molar refractivity (Wildman–Crippen MR) is 76.2 cm³/mol. The molecule has 3 aromatic rings. The highest BCUT2D eigenvalue weighted by Gasteiger charge is 2.05. The number of anilines is 1. The van der Waals surface area contributed by atoms with Gasteiger partial charge in [0.2, 0.25) is 0 Å². The largest absolute Gasteiger partial charge is 0.327 e. The standard InChI is InChI=1S/C12H9N7O2/c20-10-8-9(15-12(21)16-10)14-11(19-17-8)18-13-6-7-4-2-1-3-5-7/h1-6H,(H3,14,15,16,18,19,20,21)/b13-6-. The van der Waals surface area contributed by atoms with Crippen LogP contribution in [0.2, 0.25) is 0 Å². The highest BCUT2D eigenvalue weighted by molar-refractivity contribution is 5.79. The molecule has 0 amide bonds. The van der Waals surface area contributed by atoms with Gasteiger partial charge in [-0.25, -0.2) is 10.2 Å². The second-order valence-corrected chi connectivity index (χ2v) is 4.02. The Morgan fingerprint density at radius 3 is 2.71 bits per heavy atom. The van der Waals surface area contributed by atoms with E-state index in [-0.39, 0.29) is 17.1 Å². The van der Waals surface area contributed by atoms with Crippen molar-refractivity contribution in [3.05, 3.63) is 56.7 Å². The van der Waals surface area contributed by atoms with Crippen molar-refractivity contribution in [3.63, 3.8) is 0 Å². The summed E-state index contributed by atoms with van der Waals surface area (Å²) in [6, 6.07) is 9.41. The van der Waals surface area contributed by atoms with Gasteiger partial charge in [0.1, 0.15) is 0 Å². The second kappa shape index (κ2) is 5.33. The van der Waals surface area contributed by atoms with Crippen molar-refractivity contribution in [1.82, 2.24) is 25.1 Å². The number of fused-ring (bicyclic) bond motifs is 1. The summed E-state index contributed by atoms with van der Waals surface area (Å²) in [7, 11) is 0. The lowest BCUT2D eigenvalue weighted by Crippen LogP contribution is -2.23. The Bertz CT molecular complexity index is 914. The van der Waals surface area contributed by atoms with Crippen molar-refractivity contribution < 1.29 is 0 Å². The average molecular weight is 283 g/mol. The quantitative estimate of drug-likeness (QED) is 0.453. The zero-order valence-electron chi connectivity index (χ0n) is 10.6. The minimum Gasteiger partial charge on any atom is -0.290 e. The van der Waals surface area contributed by atoms with E-state index in [2.05, 4.69) is 30.7 Å². The zero-order chi connectivity index (χ0) is 14.7. The highest BCUT2D eigenvalue weighted by Crippen LogP contribution is 2.01. The van der Waals surface area contributed by atoms with Crippen LogP contribution in [0, 0.1) is 0 Å². The predicted octanol–water partition coefficient (Wildman–Crippen LogP) is -0.153. The lowest BCUT2D eigenvalue weighted by Gasteiger charge is -1.98. The van der Waals surface area contributed by atoms with Gasteiger partial charge in [-0.1, -0.05) is 30.3 Å². The van der Waals surface area contributed by atoms with E-state index in [4.69, 9.17) is 0 Å². The van der Waals surface area contributed by atoms with Gasteiger partial charge in [0, 0.05) is 0 Å². The maximum Gasteiger partial charge on any atom is 0.327 e. The van der Waals surface area contributed by atoms with Crippen molar-refractivity contribution in [2.75, 3.05) is 5.43 Å². The lowest BCUT2D eigenvalue weighted by molar-refractivity contribution is 0.960. The molecule has 0 saturated carbocycles. The van der Waals surface area contributed by atoms with Gasteiger partial charge in [-0.2, -0.15) is 10.1 Å². The first kappa shape index (κ1) is 12.7. The summed E-state index contributed by atoms with van der Waals surface area (Å²) in [5.41, 5.74) is 2.15. The average Bonchev–Trinajstić information content (AvgIpc) is 2.48. The number of nitrogens with zero attached hydrogens (tertiary/aromatic N) is 4. The normalized spacial score (nSPS) is 11.0. The molecule has 104 valence electrons. The van der Waals surface area contributed by atoms with Crippen LogP contribution in [0.3, 0.4) is 0 Å². The fourth-order valence-corrected chi connectivity index (χ4v) is 1.62. The number of hydrogen-bond donors (Lipinski definition) is 3. The van der Waals surface area contributed by atoms with Crippen molar-refractivity contribution in [1.29, 1.82) is 0 Å². The van der Waals surface area contributed by atoms with Gasteiger partial charge in [0.25, 0.3) is 11.5 Å². The van der Waals surface area contributed by atoms with Gasteiger partial charge in [-0.15, -0.1) is 10.2 Å². The Labute approximate surface area is 116 Å². The van der Waals surface area contributed by atoms with Crippen LogP contribution in [0.5, 0.6) is 0 Å². The van der Waals surface area contributed by atoms with E-state index in [1.165, 1.54) is 0 Å². The van der Waals surface area contributed by atoms with E-state index in [9.17, 15) is 9.59 Å². The van der Waals surface area contributed by atoms with E-state index >= 15 is 0 Å². The first-order valence-corrected chi connectivity index (χ1v) is 5.93. The summed E-state index contributed by atoms with van der Waals surface area (Å²) < 4.78 is 0. The number of benzene rings is 1. The maximum absolute atomic E-state index is 11.4. The monoisotopic (exact) mass is 283 g/mol. The van der Waals surface area contributed by atoms with Crippen LogP contribution in [0.25, 0.3) is 11.2 Å². The molecule has 0 unspecified atom stereocenters. The van der Waals surface area contributed by atoms with E-state index in [1.807, 2.05) is 35.3 Å². The van der Waals surface area contributed by atoms with Gasteiger partial charge in [-0.3, -0.25) is 14.8 Å². The number of aromatic amines is 2. The van der Waals surface area contributed by atoms with E-state index in [0.717, 1.165) is 5.56 Å². The van der Waals surface area contributed by atoms with E-state index in [1.54, 1.807) is 6.21 Å². The van der Waals surface area contributed by atoms with Gasteiger partial charge < -0.3 is 0 Å². The number of nitrogens with one attached hydrogen (secondary N) is 3. The van der Waals surface area contributed by atoms with Crippen molar-refractivity contribution in [2.24, 2.45) is 5.10 Å². The zero-order valence-corrected chi connectivity index (χ0v) is 10.6. The minimum absolute atomic E-state index is 0.0381. The second-order valence-electron chi connectivity index (χ2n) is 4.02. The summed E-state index contributed by atoms with van der Waals surface area (Å²) in [6.07, 6.45) is 1.58. The molecular weight excluding hydrogens is 274 g/mol. The van der Waals surface area contributed by atoms with Crippen LogP contribution >= 0.6 is 0 Å². The van der Waals surface area contributed by atoms with Crippen molar-refractivity contribution in [3.8, 4) is 0 Å². The molecule has 1 aromatic carbocycles. The fourth-order valence-electron chi connectivity index (χ4n) is 1.62. The Morgan fingerprint density at radius 1 is 1.10 bits per heavy atom. The molecule has 3 N–H and O–H groups in total. The molecule has 2 heterocycles. The molecule has 3 rings (SSSR count). The molecule has 0 saturated heterocycles. The molecule has 9 nitrogen and oxygen atoms in total. The van der Waals surface area contributed by atoms with Gasteiger partial charge in [-0.05, 0) is 5.56 Å². The molecule has 21 heavy (non-hydrogen) atoms. The Hall–Kier alpha value is -3.36. The van der Waals surface area contributed by atoms with E-state index in [0.29, 0.717) is 0 Å². The summed E-state index contributed by atoms with van der Waals surface area (Å²) in [4.78, 5) is 31.0. The molecule has 0 aliphatic carbocycles. The molecule has 0 aliphatic rings. The highest BCUT2D eigenvalue weighted by atomic mass is 16.2. The summed E-state index contributed by atoms with van der Waals surface area (Å²) in [6.45, 7) is 0. The smallest absolute Gasteiger partial charge is 0.290 e. The van der Waals surface area contributed by atoms with Crippen LogP contribution < -0.4 is 16.7 Å². The molecule has 2 aromatic heterocycles. The van der Waals surface area contributed by atoms with E-state index < -0.39 is 11.2 Å². The van der Waals surface area contributed by atoms with Gasteiger partial charge in [0.15, 0.2) is 11.2 Å². The molecule has 0 bridgehead atoms. The van der Waals surface area contributed by atoms with Crippen LogP contribution in [0.1, 0.15) is 5.56 Å². The summed E-state index contributed by atoms with van der Waals surface area (Å²) in [5.74, 6) is 0.0657. The van der Waals surface area contributed by atoms with Crippen LogP contribution in [0.15, 0.2) is 45.0 Å². The molecule has 9 heteroatoms. The molecule has 0 aliphatic heterocycles. The molecule has 0 fully saturated rings. The maximum atomic E-state index is 11.4. The molecule has 0 spiro atoms. The molecule has 0 radical (unpaired) electrons. The minimum atomic E-state index is -0.660. The number of rotatable bonds is 3. The number of H-pyrrole nitrogens is 2. The number of hydrazone groups is 1. The molecule has 0 atom stereocenters. The first-order valence-electron chi connectivity index (χ1n) is 5.93. The third-order valence-corrected chi connectivity index (χ3v) is 2.54. The summed E-state index contributed by atoms with van der Waals surface area (Å²) in [5, 5.41) is 11.3. The first-order chi connectivity index (χ1) is 10.2. The Morgan fingerprint density at radius 2 is 1.90 bits per heavy atom. The Kier molecular flexibility index (Phi) is 3.21. The van der Waals surface area contributed by atoms with Crippen molar-refractivity contribution >= 4 is 23.3 Å². The van der Waals surface area contributed by atoms with Gasteiger partial charge >= 0.3 is 5.69 Å². The number of hydrogen-bond acceptors (Lipinski definition) is 7. The lowest BCUT2D eigenvalue weighted by atomic mass is 10.2. The summed E-state index contributed by atoms with van der Waals surface area (Å²) >= 11 is 0. The SMILES string of the molecule is O=c1[nH]c(=O)c2nnc(N/N=C\c3ccccc3)nc2[nH]1. The topological polar surface area (TPSA) is 129 Å².